The van der Waals surface area contributed by atoms with Gasteiger partial charge in [0, 0.05) is 26.2 Å². The average Bonchev–Trinajstić information content (AvgIpc) is 2.76. The van der Waals surface area contributed by atoms with Crippen LogP contribution in [0.4, 0.5) is 0 Å². The molecule has 0 bridgehead atoms. The van der Waals surface area contributed by atoms with Crippen molar-refractivity contribution < 1.29 is 4.52 Å². The fourth-order valence-corrected chi connectivity index (χ4v) is 2.33. The highest BCUT2D eigenvalue weighted by molar-refractivity contribution is 4.91. The van der Waals surface area contributed by atoms with Crippen LogP contribution in [0, 0.1) is 6.92 Å². The van der Waals surface area contributed by atoms with E-state index in [0.29, 0.717) is 0 Å². The molecule has 1 aliphatic heterocycles. The van der Waals surface area contributed by atoms with Crippen molar-refractivity contribution in [3.63, 3.8) is 0 Å². The fraction of sp³-hybridized carbons (Fsp3) is 0.833. The Morgan fingerprint density at radius 3 is 2.53 bits per heavy atom. The second-order valence-electron chi connectivity index (χ2n) is 4.73. The summed E-state index contributed by atoms with van der Waals surface area (Å²) >= 11 is 0. The number of aromatic nitrogens is 2. The van der Waals surface area contributed by atoms with Crippen molar-refractivity contribution in [3.05, 3.63) is 11.7 Å². The highest BCUT2D eigenvalue weighted by Crippen LogP contribution is 2.19. The maximum Gasteiger partial charge on any atom is 0.243 e. The van der Waals surface area contributed by atoms with Crippen LogP contribution in [-0.2, 0) is 0 Å². The molecule has 2 rings (SSSR count). The van der Waals surface area contributed by atoms with Crippen molar-refractivity contribution in [2.45, 2.75) is 33.2 Å². The lowest BCUT2D eigenvalue weighted by Gasteiger charge is -2.36. The molecule has 1 aliphatic rings. The lowest BCUT2D eigenvalue weighted by molar-refractivity contribution is 0.0884. The van der Waals surface area contributed by atoms with Crippen LogP contribution < -0.4 is 0 Å². The summed E-state index contributed by atoms with van der Waals surface area (Å²) in [7, 11) is 0. The van der Waals surface area contributed by atoms with Gasteiger partial charge in [-0.3, -0.25) is 4.90 Å². The number of rotatable bonds is 4. The van der Waals surface area contributed by atoms with Gasteiger partial charge in [0.05, 0.1) is 6.04 Å². The van der Waals surface area contributed by atoms with Gasteiger partial charge in [-0.15, -0.1) is 0 Å². The molecule has 0 unspecified atom stereocenters. The minimum absolute atomic E-state index is 0.236. The Morgan fingerprint density at radius 2 is 2.00 bits per heavy atom. The molecule has 0 aliphatic carbocycles. The van der Waals surface area contributed by atoms with Crippen LogP contribution >= 0.6 is 0 Å². The van der Waals surface area contributed by atoms with Crippen LogP contribution in [0.15, 0.2) is 4.52 Å². The molecule has 0 amide bonds. The van der Waals surface area contributed by atoms with Crippen molar-refractivity contribution >= 4 is 0 Å². The molecule has 0 N–H and O–H groups in total. The Balaban J connectivity index is 1.88. The third-order valence-corrected chi connectivity index (χ3v) is 3.40. The molecule has 96 valence electrons. The minimum Gasteiger partial charge on any atom is -0.338 e. The topological polar surface area (TPSA) is 45.4 Å². The van der Waals surface area contributed by atoms with E-state index in [1.165, 1.54) is 13.0 Å². The summed E-state index contributed by atoms with van der Waals surface area (Å²) < 4.78 is 5.24. The molecule has 1 aromatic heterocycles. The smallest absolute Gasteiger partial charge is 0.243 e. The van der Waals surface area contributed by atoms with Gasteiger partial charge in [0.1, 0.15) is 0 Å². The van der Waals surface area contributed by atoms with E-state index in [0.717, 1.165) is 37.9 Å². The molecule has 17 heavy (non-hydrogen) atoms. The molecule has 1 aromatic rings. The molecule has 1 fully saturated rings. The van der Waals surface area contributed by atoms with Crippen molar-refractivity contribution in [3.8, 4) is 0 Å². The lowest BCUT2D eigenvalue weighted by atomic mass is 10.2. The quantitative estimate of drug-likeness (QED) is 0.795. The molecule has 1 atom stereocenters. The van der Waals surface area contributed by atoms with Gasteiger partial charge >= 0.3 is 0 Å². The summed E-state index contributed by atoms with van der Waals surface area (Å²) in [6.45, 7) is 11.9. The van der Waals surface area contributed by atoms with Gasteiger partial charge in [-0.05, 0) is 26.8 Å². The molecule has 5 heteroatoms. The summed E-state index contributed by atoms with van der Waals surface area (Å²) in [5, 5.41) is 3.85. The van der Waals surface area contributed by atoms with Crippen molar-refractivity contribution in [1.29, 1.82) is 0 Å². The van der Waals surface area contributed by atoms with Crippen LogP contribution in [0.1, 0.15) is 38.0 Å². The van der Waals surface area contributed by atoms with E-state index < -0.39 is 0 Å². The van der Waals surface area contributed by atoms with Gasteiger partial charge in [0.25, 0.3) is 0 Å². The first-order valence-corrected chi connectivity index (χ1v) is 6.47. The second-order valence-corrected chi connectivity index (χ2v) is 4.73. The summed E-state index contributed by atoms with van der Waals surface area (Å²) in [6, 6.07) is 0.236. The molecule has 2 heterocycles. The van der Waals surface area contributed by atoms with Crippen molar-refractivity contribution in [2.24, 2.45) is 0 Å². The van der Waals surface area contributed by atoms with E-state index in [2.05, 4.69) is 33.8 Å². The van der Waals surface area contributed by atoms with Gasteiger partial charge in [0.2, 0.25) is 5.89 Å². The zero-order valence-corrected chi connectivity index (χ0v) is 11.0. The number of piperazine rings is 1. The van der Waals surface area contributed by atoms with Crippen LogP contribution in [0.5, 0.6) is 0 Å². The maximum atomic E-state index is 5.24. The van der Waals surface area contributed by atoms with Gasteiger partial charge in [-0.2, -0.15) is 4.98 Å². The van der Waals surface area contributed by atoms with E-state index in [9.17, 15) is 0 Å². The second kappa shape index (κ2) is 5.60. The Morgan fingerprint density at radius 1 is 1.29 bits per heavy atom. The zero-order chi connectivity index (χ0) is 12.3. The highest BCUT2D eigenvalue weighted by Gasteiger charge is 2.24. The fourth-order valence-electron chi connectivity index (χ4n) is 2.33. The molecule has 0 radical (unpaired) electrons. The Labute approximate surface area is 103 Å². The first kappa shape index (κ1) is 12.5. The zero-order valence-electron chi connectivity index (χ0n) is 11.0. The van der Waals surface area contributed by atoms with E-state index in [4.69, 9.17) is 4.52 Å². The molecular weight excluding hydrogens is 216 g/mol. The van der Waals surface area contributed by atoms with Gasteiger partial charge < -0.3 is 9.42 Å². The molecule has 0 aromatic carbocycles. The molecular formula is C12H22N4O. The monoisotopic (exact) mass is 238 g/mol. The predicted octanol–water partition coefficient (Wildman–Crippen LogP) is 1.47. The number of hydrogen-bond donors (Lipinski definition) is 0. The summed E-state index contributed by atoms with van der Waals surface area (Å²) in [5.74, 6) is 1.46. The number of hydrogen-bond acceptors (Lipinski definition) is 5. The van der Waals surface area contributed by atoms with Crippen LogP contribution in [0.2, 0.25) is 0 Å². The van der Waals surface area contributed by atoms with Crippen molar-refractivity contribution in [2.75, 3.05) is 32.7 Å². The normalized spacial score (nSPS) is 20.6. The maximum absolute atomic E-state index is 5.24. The standard InChI is InChI=1S/C12H22N4O/c1-4-5-15-6-8-16(9-7-15)10(2)12-13-11(3)14-17-12/h10H,4-9H2,1-3H3/t10-/m1/s1. The molecule has 0 saturated carbocycles. The minimum atomic E-state index is 0.236. The van der Waals surface area contributed by atoms with E-state index in [-0.39, 0.29) is 6.04 Å². The summed E-state index contributed by atoms with van der Waals surface area (Å²) in [5.41, 5.74) is 0. The first-order chi connectivity index (χ1) is 8.20. The van der Waals surface area contributed by atoms with Gasteiger partial charge in [-0.25, -0.2) is 0 Å². The highest BCUT2D eigenvalue weighted by atomic mass is 16.5. The number of aryl methyl sites for hydroxylation is 1. The van der Waals surface area contributed by atoms with Gasteiger partial charge in [-0.1, -0.05) is 12.1 Å². The largest absolute Gasteiger partial charge is 0.338 e. The van der Waals surface area contributed by atoms with Crippen LogP contribution in [0.3, 0.4) is 0 Å². The molecule has 1 saturated heterocycles. The average molecular weight is 238 g/mol. The Hall–Kier alpha value is -0.940. The lowest BCUT2D eigenvalue weighted by Crippen LogP contribution is -2.47. The molecule has 0 spiro atoms. The first-order valence-electron chi connectivity index (χ1n) is 6.47. The number of nitrogens with zero attached hydrogens (tertiary/aromatic N) is 4. The van der Waals surface area contributed by atoms with Gasteiger partial charge in [0.15, 0.2) is 5.82 Å². The Kier molecular flexibility index (Phi) is 4.12. The van der Waals surface area contributed by atoms with E-state index >= 15 is 0 Å². The van der Waals surface area contributed by atoms with Crippen LogP contribution in [-0.4, -0.2) is 52.7 Å². The SMILES string of the molecule is CCCN1CCN([C@H](C)c2nc(C)no2)CC1. The van der Waals surface area contributed by atoms with Crippen LogP contribution in [0.25, 0.3) is 0 Å². The van der Waals surface area contributed by atoms with E-state index in [1.54, 1.807) is 0 Å². The third-order valence-electron chi connectivity index (χ3n) is 3.40. The van der Waals surface area contributed by atoms with E-state index in [1.807, 2.05) is 6.92 Å². The predicted molar refractivity (Wildman–Crippen MR) is 65.8 cm³/mol. The summed E-state index contributed by atoms with van der Waals surface area (Å²) in [4.78, 5) is 9.24. The Bertz CT molecular complexity index is 344. The third kappa shape index (κ3) is 3.04. The van der Waals surface area contributed by atoms with Crippen molar-refractivity contribution in [1.82, 2.24) is 19.9 Å². The summed E-state index contributed by atoms with van der Waals surface area (Å²) in [6.07, 6.45) is 1.23. The molecule has 5 nitrogen and oxygen atoms in total.